The molecule has 0 saturated carbocycles. The largest absolute Gasteiger partial charge is 0.438 e. The fourth-order valence-corrected chi connectivity index (χ4v) is 1.33. The van der Waals surface area contributed by atoms with E-state index in [1.165, 1.54) is 0 Å². The smallest absolute Gasteiger partial charge is 0.235 e. The Hall–Kier alpha value is -1.58. The van der Waals surface area contributed by atoms with Crippen molar-refractivity contribution in [3.8, 4) is 5.75 Å². The Morgan fingerprint density at radius 3 is 3.00 bits per heavy atom. The van der Waals surface area contributed by atoms with Crippen molar-refractivity contribution in [3.63, 3.8) is 0 Å². The topological polar surface area (TPSA) is 43.7 Å². The minimum Gasteiger partial charge on any atom is -0.438 e. The van der Waals surface area contributed by atoms with E-state index < -0.39 is 0 Å². The lowest BCUT2D eigenvalue weighted by Crippen LogP contribution is -2.17. The summed E-state index contributed by atoms with van der Waals surface area (Å²) in [4.78, 5) is 9.20. The van der Waals surface area contributed by atoms with Gasteiger partial charge in [0.1, 0.15) is 11.9 Å². The van der Waals surface area contributed by atoms with Gasteiger partial charge in [-0.3, -0.25) is 4.98 Å². The number of oxime groups is 1. The van der Waals surface area contributed by atoms with E-state index in [0.29, 0.717) is 17.6 Å². The highest BCUT2D eigenvalue weighted by molar-refractivity contribution is 5.79. The first-order valence-electron chi connectivity index (χ1n) is 5.06. The molecule has 0 aliphatic carbocycles. The van der Waals surface area contributed by atoms with Crippen molar-refractivity contribution < 1.29 is 9.57 Å². The molecule has 0 N–H and O–H groups in total. The summed E-state index contributed by atoms with van der Waals surface area (Å²) >= 11 is 0. The lowest BCUT2D eigenvalue weighted by atomic mass is 10.1. The van der Waals surface area contributed by atoms with E-state index in [-0.39, 0.29) is 6.10 Å². The van der Waals surface area contributed by atoms with Gasteiger partial charge in [0.05, 0.1) is 12.6 Å². The van der Waals surface area contributed by atoms with Crippen molar-refractivity contribution in [2.45, 2.75) is 26.4 Å². The molecule has 0 spiro atoms. The molecular weight excluding hydrogens is 192 g/mol. The van der Waals surface area contributed by atoms with Crippen LogP contribution >= 0.6 is 0 Å². The zero-order chi connectivity index (χ0) is 10.7. The van der Waals surface area contributed by atoms with Crippen LogP contribution in [0.5, 0.6) is 5.75 Å². The summed E-state index contributed by atoms with van der Waals surface area (Å²) in [6, 6.07) is 3.67. The first kappa shape index (κ1) is 9.96. The van der Waals surface area contributed by atoms with E-state index in [1.54, 1.807) is 12.4 Å². The van der Waals surface area contributed by atoms with Gasteiger partial charge in [0.2, 0.25) is 5.90 Å². The van der Waals surface area contributed by atoms with Crippen molar-refractivity contribution >= 4 is 5.90 Å². The molecule has 15 heavy (non-hydrogen) atoms. The van der Waals surface area contributed by atoms with Crippen LogP contribution in [0.4, 0.5) is 0 Å². The van der Waals surface area contributed by atoms with Gasteiger partial charge in [-0.2, -0.15) is 0 Å². The molecule has 1 aliphatic rings. The van der Waals surface area contributed by atoms with Crippen LogP contribution in [0.3, 0.4) is 0 Å². The quantitative estimate of drug-likeness (QED) is 0.745. The highest BCUT2D eigenvalue weighted by atomic mass is 16.7. The molecule has 0 saturated heterocycles. The van der Waals surface area contributed by atoms with Crippen molar-refractivity contribution in [1.82, 2.24) is 4.98 Å². The number of rotatable bonds is 2. The van der Waals surface area contributed by atoms with Crippen molar-refractivity contribution in [2.75, 3.05) is 0 Å². The fourth-order valence-electron chi connectivity index (χ4n) is 1.33. The maximum atomic E-state index is 5.52. The van der Waals surface area contributed by atoms with Crippen LogP contribution in [0.25, 0.3) is 0 Å². The molecule has 0 amide bonds. The van der Waals surface area contributed by atoms with Crippen LogP contribution in [-0.4, -0.2) is 17.0 Å². The first-order valence-corrected chi connectivity index (χ1v) is 5.06. The third kappa shape index (κ3) is 2.46. The van der Waals surface area contributed by atoms with Crippen LogP contribution in [0.15, 0.2) is 29.7 Å². The zero-order valence-electron chi connectivity index (χ0n) is 8.88. The second-order valence-corrected chi connectivity index (χ2v) is 3.87. The monoisotopic (exact) mass is 206 g/mol. The van der Waals surface area contributed by atoms with Crippen LogP contribution in [0.1, 0.15) is 20.3 Å². The van der Waals surface area contributed by atoms with Gasteiger partial charge in [-0.15, -0.1) is 0 Å². The number of aromatic nitrogens is 1. The number of ether oxygens (including phenoxy) is 1. The number of hydrogen-bond donors (Lipinski definition) is 0. The first-order chi connectivity index (χ1) is 7.25. The minimum absolute atomic E-state index is 0.136. The Bertz CT molecular complexity index is 349. The summed E-state index contributed by atoms with van der Waals surface area (Å²) in [5, 5.41) is 3.90. The van der Waals surface area contributed by atoms with Crippen LogP contribution in [0.2, 0.25) is 0 Å². The molecule has 1 aromatic rings. The molecule has 1 aliphatic heterocycles. The second-order valence-electron chi connectivity index (χ2n) is 3.87. The van der Waals surface area contributed by atoms with Gasteiger partial charge in [0.15, 0.2) is 0 Å². The highest BCUT2D eigenvalue weighted by Gasteiger charge is 2.25. The predicted molar refractivity (Wildman–Crippen MR) is 56.6 cm³/mol. The molecule has 0 aromatic carbocycles. The van der Waals surface area contributed by atoms with Gasteiger partial charge < -0.3 is 9.57 Å². The number of pyridine rings is 1. The number of hydrogen-bond acceptors (Lipinski definition) is 4. The van der Waals surface area contributed by atoms with Gasteiger partial charge in [-0.05, 0) is 18.1 Å². The lowest BCUT2D eigenvalue weighted by molar-refractivity contribution is 0.0520. The van der Waals surface area contributed by atoms with Crippen LogP contribution in [-0.2, 0) is 4.84 Å². The molecule has 1 unspecified atom stereocenters. The molecular formula is C11H14N2O2. The normalized spacial score (nSPS) is 19.9. The summed E-state index contributed by atoms with van der Waals surface area (Å²) in [5.74, 6) is 1.77. The molecule has 0 bridgehead atoms. The lowest BCUT2D eigenvalue weighted by Gasteiger charge is -2.10. The molecule has 0 fully saturated rings. The maximum Gasteiger partial charge on any atom is 0.235 e. The van der Waals surface area contributed by atoms with Gasteiger partial charge in [0.25, 0.3) is 0 Å². The molecule has 1 aromatic heterocycles. The van der Waals surface area contributed by atoms with Crippen molar-refractivity contribution in [3.05, 3.63) is 24.5 Å². The molecule has 1 atom stereocenters. The summed E-state index contributed by atoms with van der Waals surface area (Å²) < 4.78 is 5.52. The second kappa shape index (κ2) is 4.29. The van der Waals surface area contributed by atoms with E-state index >= 15 is 0 Å². The SMILES string of the molecule is CC(C)C1CC(Oc2cccnc2)=NO1. The minimum atomic E-state index is 0.136. The van der Waals surface area contributed by atoms with Crippen LogP contribution in [0, 0.1) is 5.92 Å². The summed E-state index contributed by atoms with van der Waals surface area (Å²) in [5.41, 5.74) is 0. The molecule has 2 rings (SSSR count). The predicted octanol–water partition coefficient (Wildman–Crippen LogP) is 2.22. The van der Waals surface area contributed by atoms with E-state index in [2.05, 4.69) is 24.0 Å². The Balaban J connectivity index is 1.93. The van der Waals surface area contributed by atoms with E-state index in [9.17, 15) is 0 Å². The molecule has 4 nitrogen and oxygen atoms in total. The fraction of sp³-hybridized carbons (Fsp3) is 0.455. The number of nitrogens with zero attached hydrogens (tertiary/aromatic N) is 2. The molecule has 0 radical (unpaired) electrons. The van der Waals surface area contributed by atoms with Gasteiger partial charge in [-0.1, -0.05) is 19.0 Å². The Kier molecular flexibility index (Phi) is 2.85. The van der Waals surface area contributed by atoms with E-state index in [0.717, 1.165) is 6.42 Å². The van der Waals surface area contributed by atoms with Gasteiger partial charge >= 0.3 is 0 Å². The zero-order valence-corrected chi connectivity index (χ0v) is 8.88. The standard InChI is InChI=1S/C11H14N2O2/c1-8(2)10-6-11(13-15-10)14-9-4-3-5-12-7-9/h3-5,7-8,10H,6H2,1-2H3. The van der Waals surface area contributed by atoms with Crippen molar-refractivity contribution in [1.29, 1.82) is 0 Å². The van der Waals surface area contributed by atoms with E-state index in [4.69, 9.17) is 9.57 Å². The Morgan fingerprint density at radius 2 is 2.40 bits per heavy atom. The average molecular weight is 206 g/mol. The summed E-state index contributed by atoms with van der Waals surface area (Å²) in [6.07, 6.45) is 4.23. The van der Waals surface area contributed by atoms with Gasteiger partial charge in [-0.25, -0.2) is 0 Å². The molecule has 2 heterocycles. The van der Waals surface area contributed by atoms with E-state index in [1.807, 2.05) is 12.1 Å². The third-order valence-corrected chi connectivity index (χ3v) is 2.28. The highest BCUT2D eigenvalue weighted by Crippen LogP contribution is 2.20. The summed E-state index contributed by atoms with van der Waals surface area (Å²) in [6.45, 7) is 4.21. The van der Waals surface area contributed by atoms with Gasteiger partial charge in [0, 0.05) is 6.20 Å². The van der Waals surface area contributed by atoms with Crippen molar-refractivity contribution in [2.24, 2.45) is 11.1 Å². The summed E-state index contributed by atoms with van der Waals surface area (Å²) in [7, 11) is 0. The molecule has 80 valence electrons. The Morgan fingerprint density at radius 1 is 1.53 bits per heavy atom. The average Bonchev–Trinajstić information content (AvgIpc) is 2.68. The van der Waals surface area contributed by atoms with Crippen LogP contribution < -0.4 is 4.74 Å². The molecule has 4 heteroatoms. The third-order valence-electron chi connectivity index (χ3n) is 2.28. The Labute approximate surface area is 88.9 Å². The maximum absolute atomic E-state index is 5.52.